The van der Waals surface area contributed by atoms with Crippen LogP contribution in [0.15, 0.2) is 36.8 Å². The minimum absolute atomic E-state index is 0.235. The maximum Gasteiger partial charge on any atom is 0.119 e. The van der Waals surface area contributed by atoms with Crippen LogP contribution in [-0.4, -0.2) is 23.2 Å². The number of methoxy groups -OCH3 is 1. The van der Waals surface area contributed by atoms with Crippen LogP contribution in [0.1, 0.15) is 24.2 Å². The van der Waals surface area contributed by atoms with Gasteiger partial charge >= 0.3 is 0 Å². The number of ether oxygens (including phenoxy) is 1. The van der Waals surface area contributed by atoms with Crippen molar-refractivity contribution in [3.8, 4) is 5.75 Å². The lowest BCUT2D eigenvalue weighted by Crippen LogP contribution is -2.23. The van der Waals surface area contributed by atoms with E-state index in [1.807, 2.05) is 30.1 Å². The highest BCUT2D eigenvalue weighted by atomic mass is 16.5. The summed E-state index contributed by atoms with van der Waals surface area (Å²) in [5.41, 5.74) is 2.32. The van der Waals surface area contributed by atoms with Crippen LogP contribution in [0.5, 0.6) is 5.75 Å². The van der Waals surface area contributed by atoms with E-state index in [1.54, 1.807) is 7.11 Å². The molecule has 1 unspecified atom stereocenters. The number of hydrogen-bond acceptors (Lipinski definition) is 3. The minimum Gasteiger partial charge on any atom is -0.497 e. The number of hydrogen-bond donors (Lipinski definition) is 1. The van der Waals surface area contributed by atoms with Crippen molar-refractivity contribution >= 4 is 0 Å². The van der Waals surface area contributed by atoms with Crippen molar-refractivity contribution in [3.63, 3.8) is 0 Å². The molecule has 19 heavy (non-hydrogen) atoms. The number of rotatable bonds is 6. The predicted molar refractivity (Wildman–Crippen MR) is 76.3 cm³/mol. The van der Waals surface area contributed by atoms with Crippen molar-refractivity contribution in [2.75, 3.05) is 13.7 Å². The average Bonchev–Trinajstić information content (AvgIpc) is 2.85. The van der Waals surface area contributed by atoms with Gasteiger partial charge in [-0.05, 0) is 30.7 Å². The zero-order valence-electron chi connectivity index (χ0n) is 11.8. The molecule has 1 heterocycles. The fourth-order valence-electron chi connectivity index (χ4n) is 2.18. The van der Waals surface area contributed by atoms with Crippen molar-refractivity contribution in [2.45, 2.75) is 19.4 Å². The number of aromatic nitrogens is 2. The molecule has 0 bridgehead atoms. The second-order valence-corrected chi connectivity index (χ2v) is 4.63. The Morgan fingerprint density at radius 3 is 2.89 bits per heavy atom. The Balaban J connectivity index is 2.16. The van der Waals surface area contributed by atoms with Crippen LogP contribution in [0.4, 0.5) is 0 Å². The summed E-state index contributed by atoms with van der Waals surface area (Å²) < 4.78 is 7.24. The molecule has 0 saturated heterocycles. The lowest BCUT2D eigenvalue weighted by molar-refractivity contribution is 0.413. The summed E-state index contributed by atoms with van der Waals surface area (Å²) in [6.07, 6.45) is 4.81. The zero-order valence-corrected chi connectivity index (χ0v) is 11.8. The average molecular weight is 259 g/mol. The molecule has 0 radical (unpaired) electrons. The van der Waals surface area contributed by atoms with Crippen LogP contribution in [0.25, 0.3) is 0 Å². The lowest BCUT2D eigenvalue weighted by atomic mass is 10.0. The summed E-state index contributed by atoms with van der Waals surface area (Å²) >= 11 is 0. The van der Waals surface area contributed by atoms with Crippen molar-refractivity contribution in [1.82, 2.24) is 14.9 Å². The zero-order chi connectivity index (χ0) is 13.7. The molecule has 0 saturated carbocycles. The van der Waals surface area contributed by atoms with Crippen LogP contribution >= 0.6 is 0 Å². The Kier molecular flexibility index (Phi) is 4.58. The maximum atomic E-state index is 5.27. The summed E-state index contributed by atoms with van der Waals surface area (Å²) in [6, 6.07) is 8.42. The Bertz CT molecular complexity index is 522. The number of benzene rings is 1. The van der Waals surface area contributed by atoms with E-state index in [1.165, 1.54) is 5.56 Å². The molecular formula is C15H21N3O. The predicted octanol–water partition coefficient (Wildman–Crippen LogP) is 2.32. The van der Waals surface area contributed by atoms with Gasteiger partial charge in [-0.25, -0.2) is 4.98 Å². The molecule has 0 aliphatic heterocycles. The molecule has 0 aliphatic carbocycles. The maximum absolute atomic E-state index is 5.27. The second kappa shape index (κ2) is 6.38. The standard InChI is InChI=1S/C15H21N3O/c1-4-16-14(15-10-18(2)11-17-15)9-12-6-5-7-13(8-12)19-3/h5-8,10-11,14,16H,4,9H2,1-3H3. The van der Waals surface area contributed by atoms with E-state index in [0.717, 1.165) is 24.4 Å². The molecular weight excluding hydrogens is 238 g/mol. The van der Waals surface area contributed by atoms with Gasteiger partial charge in [-0.2, -0.15) is 0 Å². The highest BCUT2D eigenvalue weighted by Gasteiger charge is 2.13. The molecule has 1 aromatic carbocycles. The summed E-state index contributed by atoms with van der Waals surface area (Å²) in [5.74, 6) is 0.897. The van der Waals surface area contributed by atoms with Crippen molar-refractivity contribution in [3.05, 3.63) is 48.0 Å². The third kappa shape index (κ3) is 3.58. The summed E-state index contributed by atoms with van der Waals surface area (Å²) in [4.78, 5) is 4.44. The highest BCUT2D eigenvalue weighted by Crippen LogP contribution is 2.20. The number of aryl methyl sites for hydroxylation is 1. The van der Waals surface area contributed by atoms with Gasteiger partial charge in [0.1, 0.15) is 5.75 Å². The van der Waals surface area contributed by atoms with Gasteiger partial charge in [0.25, 0.3) is 0 Å². The van der Waals surface area contributed by atoms with Gasteiger partial charge in [0.2, 0.25) is 0 Å². The molecule has 0 spiro atoms. The Labute approximate surface area is 114 Å². The lowest BCUT2D eigenvalue weighted by Gasteiger charge is -2.16. The van der Waals surface area contributed by atoms with E-state index in [0.29, 0.717) is 0 Å². The van der Waals surface area contributed by atoms with Crippen molar-refractivity contribution in [2.24, 2.45) is 7.05 Å². The molecule has 0 amide bonds. The van der Waals surface area contributed by atoms with Gasteiger partial charge in [0, 0.05) is 13.2 Å². The smallest absolute Gasteiger partial charge is 0.119 e. The third-order valence-corrected chi connectivity index (χ3v) is 3.11. The molecule has 4 heteroatoms. The van der Waals surface area contributed by atoms with Gasteiger partial charge in [0.15, 0.2) is 0 Å². The first-order valence-corrected chi connectivity index (χ1v) is 6.57. The Morgan fingerprint density at radius 1 is 1.42 bits per heavy atom. The first-order chi connectivity index (χ1) is 9.22. The SMILES string of the molecule is CCNC(Cc1cccc(OC)c1)c1cn(C)cn1. The van der Waals surface area contributed by atoms with Crippen LogP contribution in [0.2, 0.25) is 0 Å². The van der Waals surface area contributed by atoms with Crippen LogP contribution in [-0.2, 0) is 13.5 Å². The molecule has 1 atom stereocenters. The summed E-state index contributed by atoms with van der Waals surface area (Å²) in [6.45, 7) is 3.03. The third-order valence-electron chi connectivity index (χ3n) is 3.11. The topological polar surface area (TPSA) is 39.1 Å². The molecule has 0 fully saturated rings. The monoisotopic (exact) mass is 259 g/mol. The second-order valence-electron chi connectivity index (χ2n) is 4.63. The first-order valence-electron chi connectivity index (χ1n) is 6.57. The van der Waals surface area contributed by atoms with E-state index in [-0.39, 0.29) is 6.04 Å². The van der Waals surface area contributed by atoms with Gasteiger partial charge in [0.05, 0.1) is 25.2 Å². The summed E-state index contributed by atoms with van der Waals surface area (Å²) in [5, 5.41) is 3.48. The van der Waals surface area contributed by atoms with Crippen molar-refractivity contribution in [1.29, 1.82) is 0 Å². The van der Waals surface area contributed by atoms with E-state index in [2.05, 4.69) is 35.6 Å². The van der Waals surface area contributed by atoms with Crippen molar-refractivity contribution < 1.29 is 4.74 Å². The molecule has 1 aromatic heterocycles. The van der Waals surface area contributed by atoms with E-state index >= 15 is 0 Å². The Hall–Kier alpha value is -1.81. The van der Waals surface area contributed by atoms with Gasteiger partial charge in [-0.15, -0.1) is 0 Å². The normalized spacial score (nSPS) is 12.4. The van der Waals surface area contributed by atoms with E-state index < -0.39 is 0 Å². The minimum atomic E-state index is 0.235. The van der Waals surface area contributed by atoms with Gasteiger partial charge in [-0.3, -0.25) is 0 Å². The first kappa shape index (κ1) is 13.6. The highest BCUT2D eigenvalue weighted by molar-refractivity contribution is 5.29. The van der Waals surface area contributed by atoms with Crippen LogP contribution in [0.3, 0.4) is 0 Å². The molecule has 1 N–H and O–H groups in total. The number of nitrogens with one attached hydrogen (secondary N) is 1. The molecule has 4 nitrogen and oxygen atoms in total. The molecule has 2 rings (SSSR count). The van der Waals surface area contributed by atoms with E-state index in [4.69, 9.17) is 4.74 Å². The quantitative estimate of drug-likeness (QED) is 0.865. The number of likely N-dealkylation sites (N-methyl/N-ethyl adjacent to an activating group) is 1. The number of nitrogens with zero attached hydrogens (tertiary/aromatic N) is 2. The van der Waals surface area contributed by atoms with E-state index in [9.17, 15) is 0 Å². The fraction of sp³-hybridized carbons (Fsp3) is 0.400. The van der Waals surface area contributed by atoms with Gasteiger partial charge in [-0.1, -0.05) is 19.1 Å². The number of imidazole rings is 1. The summed E-state index contributed by atoms with van der Waals surface area (Å²) in [7, 11) is 3.69. The largest absolute Gasteiger partial charge is 0.497 e. The molecule has 2 aromatic rings. The van der Waals surface area contributed by atoms with Crippen LogP contribution in [0, 0.1) is 0 Å². The fourth-order valence-corrected chi connectivity index (χ4v) is 2.18. The Morgan fingerprint density at radius 2 is 2.26 bits per heavy atom. The van der Waals surface area contributed by atoms with Gasteiger partial charge < -0.3 is 14.6 Å². The molecule has 102 valence electrons. The molecule has 0 aliphatic rings. The van der Waals surface area contributed by atoms with Crippen LogP contribution < -0.4 is 10.1 Å².